The van der Waals surface area contributed by atoms with Gasteiger partial charge in [0.15, 0.2) is 0 Å². The van der Waals surface area contributed by atoms with Crippen LogP contribution in [-0.2, 0) is 0 Å². The maximum Gasteiger partial charge on any atom is 0.0553 e. The molecule has 3 aromatic rings. The Balaban J connectivity index is 1.73. The van der Waals surface area contributed by atoms with Gasteiger partial charge in [-0.05, 0) is 55.4 Å². The molecule has 4 rings (SSSR count). The smallest absolute Gasteiger partial charge is 0.0553 e. The highest BCUT2D eigenvalue weighted by atomic mass is 32.2. The number of anilines is 2. The van der Waals surface area contributed by atoms with Crippen molar-refractivity contribution in [1.29, 1.82) is 0 Å². The lowest BCUT2D eigenvalue weighted by Gasteiger charge is -2.33. The van der Waals surface area contributed by atoms with Crippen LogP contribution in [-0.4, -0.2) is 20.1 Å². The lowest BCUT2D eigenvalue weighted by molar-refractivity contribution is 0.719. The Hall–Kier alpha value is -2.23. The van der Waals surface area contributed by atoms with E-state index in [0.29, 0.717) is 0 Å². The standard InChI is InChI=1S/C22H22N2S/c1-23-14-7-15-24-19-10-5-6-11-21(19)25-22-16-18(12-13-20(22)24)17-8-3-2-4-9-17/h2-6,8-13,16,23H,7,14-15H2,1H3. The molecule has 3 heteroatoms. The Labute approximate surface area is 153 Å². The Bertz CT molecular complexity index is 861. The van der Waals surface area contributed by atoms with Crippen LogP contribution in [0.3, 0.4) is 0 Å². The molecule has 2 nitrogen and oxygen atoms in total. The van der Waals surface area contributed by atoms with E-state index in [9.17, 15) is 0 Å². The zero-order valence-electron chi connectivity index (χ0n) is 14.4. The maximum absolute atomic E-state index is 3.25. The second kappa shape index (κ2) is 7.34. The zero-order chi connectivity index (χ0) is 17.1. The molecule has 0 aliphatic carbocycles. The number of hydrogen-bond donors (Lipinski definition) is 1. The quantitative estimate of drug-likeness (QED) is 0.608. The first kappa shape index (κ1) is 16.2. The van der Waals surface area contributed by atoms with Crippen molar-refractivity contribution >= 4 is 23.1 Å². The number of fused-ring (bicyclic) bond motifs is 2. The van der Waals surface area contributed by atoms with E-state index in [4.69, 9.17) is 0 Å². The van der Waals surface area contributed by atoms with Gasteiger partial charge in [0.2, 0.25) is 0 Å². The molecule has 0 unspecified atom stereocenters. The van der Waals surface area contributed by atoms with Crippen molar-refractivity contribution in [2.45, 2.75) is 16.2 Å². The summed E-state index contributed by atoms with van der Waals surface area (Å²) in [5.74, 6) is 0. The first-order valence-electron chi connectivity index (χ1n) is 8.75. The van der Waals surface area contributed by atoms with Crippen molar-refractivity contribution in [3.8, 4) is 11.1 Å². The van der Waals surface area contributed by atoms with Crippen molar-refractivity contribution in [3.63, 3.8) is 0 Å². The van der Waals surface area contributed by atoms with Crippen LogP contribution in [0.15, 0.2) is 82.6 Å². The maximum atomic E-state index is 3.25. The van der Waals surface area contributed by atoms with Gasteiger partial charge in [0.1, 0.15) is 0 Å². The van der Waals surface area contributed by atoms with Crippen molar-refractivity contribution in [2.24, 2.45) is 0 Å². The van der Waals surface area contributed by atoms with Crippen LogP contribution in [0.1, 0.15) is 6.42 Å². The average molecular weight is 346 g/mol. The van der Waals surface area contributed by atoms with Crippen LogP contribution < -0.4 is 10.2 Å². The summed E-state index contributed by atoms with van der Waals surface area (Å²) in [6.07, 6.45) is 1.12. The third kappa shape index (κ3) is 3.30. The lowest BCUT2D eigenvalue weighted by atomic mass is 10.0. The summed E-state index contributed by atoms with van der Waals surface area (Å²) in [7, 11) is 2.01. The largest absolute Gasteiger partial charge is 0.340 e. The van der Waals surface area contributed by atoms with Gasteiger partial charge in [-0.1, -0.05) is 60.3 Å². The number of para-hydroxylation sites is 1. The van der Waals surface area contributed by atoms with Gasteiger partial charge in [-0.25, -0.2) is 0 Å². The summed E-state index contributed by atoms with van der Waals surface area (Å²) in [6, 6.07) is 26.2. The Morgan fingerprint density at radius 1 is 0.800 bits per heavy atom. The van der Waals surface area contributed by atoms with Crippen molar-refractivity contribution < 1.29 is 0 Å². The summed E-state index contributed by atoms with van der Waals surface area (Å²) in [4.78, 5) is 5.14. The molecule has 1 N–H and O–H groups in total. The molecular formula is C22H22N2S. The molecule has 0 fully saturated rings. The highest BCUT2D eigenvalue weighted by Crippen LogP contribution is 2.49. The number of hydrogen-bond acceptors (Lipinski definition) is 3. The summed E-state index contributed by atoms with van der Waals surface area (Å²) in [5, 5.41) is 3.25. The van der Waals surface area contributed by atoms with Crippen molar-refractivity contribution in [3.05, 3.63) is 72.8 Å². The van der Waals surface area contributed by atoms with Crippen molar-refractivity contribution in [1.82, 2.24) is 5.32 Å². The van der Waals surface area contributed by atoms with Crippen LogP contribution in [0, 0.1) is 0 Å². The van der Waals surface area contributed by atoms with E-state index < -0.39 is 0 Å². The van der Waals surface area contributed by atoms with E-state index in [1.807, 2.05) is 18.8 Å². The molecule has 0 saturated heterocycles. The molecule has 126 valence electrons. The molecule has 0 amide bonds. The van der Waals surface area contributed by atoms with Crippen LogP contribution in [0.25, 0.3) is 11.1 Å². The number of benzene rings is 3. The minimum Gasteiger partial charge on any atom is -0.340 e. The van der Waals surface area contributed by atoms with Gasteiger partial charge in [0.05, 0.1) is 11.4 Å². The molecule has 3 aromatic carbocycles. The molecule has 0 radical (unpaired) electrons. The van der Waals surface area contributed by atoms with E-state index in [2.05, 4.69) is 83.0 Å². The summed E-state index contributed by atoms with van der Waals surface area (Å²) >= 11 is 1.88. The molecule has 0 saturated carbocycles. The fourth-order valence-electron chi connectivity index (χ4n) is 3.30. The van der Waals surface area contributed by atoms with Gasteiger partial charge in [0.25, 0.3) is 0 Å². The first-order chi connectivity index (χ1) is 12.4. The first-order valence-corrected chi connectivity index (χ1v) is 9.57. The molecule has 0 atom stereocenters. The van der Waals surface area contributed by atoms with Gasteiger partial charge in [-0.2, -0.15) is 0 Å². The van der Waals surface area contributed by atoms with Gasteiger partial charge in [0, 0.05) is 16.3 Å². The number of nitrogens with one attached hydrogen (secondary N) is 1. The Kier molecular flexibility index (Phi) is 4.77. The molecule has 1 aliphatic rings. The third-order valence-corrected chi connectivity index (χ3v) is 5.65. The van der Waals surface area contributed by atoms with E-state index in [1.165, 1.54) is 32.3 Å². The van der Waals surface area contributed by atoms with Crippen LogP contribution in [0.5, 0.6) is 0 Å². The fourth-order valence-corrected chi connectivity index (χ4v) is 4.43. The molecule has 0 aromatic heterocycles. The molecule has 25 heavy (non-hydrogen) atoms. The fraction of sp³-hybridized carbons (Fsp3) is 0.182. The second-order valence-electron chi connectivity index (χ2n) is 6.23. The molecule has 1 aliphatic heterocycles. The molecule has 1 heterocycles. The summed E-state index contributed by atoms with van der Waals surface area (Å²) in [5.41, 5.74) is 5.19. The highest BCUT2D eigenvalue weighted by molar-refractivity contribution is 7.99. The molecule has 0 spiro atoms. The third-order valence-electron chi connectivity index (χ3n) is 4.54. The monoisotopic (exact) mass is 346 g/mol. The molecule has 0 bridgehead atoms. The normalized spacial score (nSPS) is 12.6. The van der Waals surface area contributed by atoms with Gasteiger partial charge < -0.3 is 10.2 Å². The highest BCUT2D eigenvalue weighted by Gasteiger charge is 2.23. The summed E-state index contributed by atoms with van der Waals surface area (Å²) < 4.78 is 0. The second-order valence-corrected chi connectivity index (χ2v) is 7.31. The molecular weight excluding hydrogens is 324 g/mol. The Morgan fingerprint density at radius 3 is 2.40 bits per heavy atom. The summed E-state index contributed by atoms with van der Waals surface area (Å²) in [6.45, 7) is 2.05. The predicted molar refractivity (Wildman–Crippen MR) is 108 cm³/mol. The van der Waals surface area contributed by atoms with Gasteiger partial charge >= 0.3 is 0 Å². The number of nitrogens with zero attached hydrogens (tertiary/aromatic N) is 1. The topological polar surface area (TPSA) is 15.3 Å². The van der Waals surface area contributed by atoms with Gasteiger partial charge in [-0.3, -0.25) is 0 Å². The van der Waals surface area contributed by atoms with Crippen LogP contribution in [0.4, 0.5) is 11.4 Å². The average Bonchev–Trinajstić information content (AvgIpc) is 2.68. The number of rotatable bonds is 5. The predicted octanol–water partition coefficient (Wildman–Crippen LogP) is 5.57. The Morgan fingerprint density at radius 2 is 1.56 bits per heavy atom. The van der Waals surface area contributed by atoms with Crippen LogP contribution in [0.2, 0.25) is 0 Å². The SMILES string of the molecule is CNCCCN1c2ccccc2Sc2cc(-c3ccccc3)ccc21. The van der Waals surface area contributed by atoms with Gasteiger partial charge in [-0.15, -0.1) is 0 Å². The van der Waals surface area contributed by atoms with E-state index in [1.54, 1.807) is 0 Å². The lowest BCUT2D eigenvalue weighted by Crippen LogP contribution is -2.24. The van der Waals surface area contributed by atoms with Crippen LogP contribution >= 0.6 is 11.8 Å². The van der Waals surface area contributed by atoms with E-state index in [-0.39, 0.29) is 0 Å². The zero-order valence-corrected chi connectivity index (χ0v) is 15.2. The van der Waals surface area contributed by atoms with E-state index in [0.717, 1.165) is 19.5 Å². The minimum absolute atomic E-state index is 1.02. The van der Waals surface area contributed by atoms with Crippen molar-refractivity contribution in [2.75, 3.05) is 25.0 Å². The minimum atomic E-state index is 1.02. The van der Waals surface area contributed by atoms with E-state index >= 15 is 0 Å².